The van der Waals surface area contributed by atoms with Crippen LogP contribution in [0.3, 0.4) is 0 Å². The molecule has 3 atom stereocenters. The predicted octanol–water partition coefficient (Wildman–Crippen LogP) is 3.03. The van der Waals surface area contributed by atoms with Crippen LogP contribution in [0.15, 0.2) is 34.6 Å². The highest BCUT2D eigenvalue weighted by atomic mass is 16.4. The minimum atomic E-state index is -2.16. The molecule has 0 fully saturated rings. The maximum atomic E-state index is 12.8. The van der Waals surface area contributed by atoms with Crippen molar-refractivity contribution >= 4 is 11.6 Å². The van der Waals surface area contributed by atoms with Gasteiger partial charge in [0.2, 0.25) is 0 Å². The van der Waals surface area contributed by atoms with Gasteiger partial charge in [-0.25, -0.2) is 0 Å². The first kappa shape index (κ1) is 21.3. The summed E-state index contributed by atoms with van der Waals surface area (Å²) in [5, 5.41) is 32.2. The van der Waals surface area contributed by atoms with E-state index in [2.05, 4.69) is 0 Å². The van der Waals surface area contributed by atoms with Gasteiger partial charge in [-0.1, -0.05) is 37.1 Å². The van der Waals surface area contributed by atoms with Crippen LogP contribution in [0.2, 0.25) is 0 Å². The van der Waals surface area contributed by atoms with Gasteiger partial charge in [-0.15, -0.1) is 0 Å². The van der Waals surface area contributed by atoms with E-state index in [4.69, 9.17) is 0 Å². The van der Waals surface area contributed by atoms with E-state index >= 15 is 0 Å². The Morgan fingerprint density at radius 3 is 2.12 bits per heavy atom. The molecule has 0 unspecified atom stereocenters. The maximum Gasteiger partial charge on any atom is 0.176 e. The minimum absolute atomic E-state index is 0.0741. The van der Waals surface area contributed by atoms with Gasteiger partial charge in [-0.2, -0.15) is 0 Å². The smallest absolute Gasteiger partial charge is 0.176 e. The van der Waals surface area contributed by atoms with Crippen LogP contribution in [-0.4, -0.2) is 38.6 Å². The molecule has 5 heteroatoms. The largest absolute Gasteiger partial charge is 0.508 e. The molecule has 0 saturated carbocycles. The van der Waals surface area contributed by atoms with Crippen molar-refractivity contribution in [2.45, 2.75) is 66.1 Å². The van der Waals surface area contributed by atoms with Gasteiger partial charge in [-0.3, -0.25) is 9.59 Å². The lowest BCUT2D eigenvalue weighted by Gasteiger charge is -2.33. The van der Waals surface area contributed by atoms with Crippen LogP contribution in [-0.2, 0) is 9.59 Å². The summed E-state index contributed by atoms with van der Waals surface area (Å²) in [6.07, 6.45) is 2.31. The monoisotopic (exact) mass is 350 g/mol. The zero-order chi connectivity index (χ0) is 19.5. The summed E-state index contributed by atoms with van der Waals surface area (Å²) >= 11 is 0. The van der Waals surface area contributed by atoms with E-state index in [0.29, 0.717) is 0 Å². The highest BCUT2D eigenvalue weighted by molar-refractivity contribution is 6.24. The first-order valence-electron chi connectivity index (χ1n) is 8.63. The molecule has 0 amide bonds. The average Bonchev–Trinajstić information content (AvgIpc) is 2.69. The van der Waals surface area contributed by atoms with E-state index in [1.165, 1.54) is 0 Å². The van der Waals surface area contributed by atoms with E-state index in [0.717, 1.165) is 11.1 Å². The average molecular weight is 350 g/mol. The molecule has 0 aliphatic heterocycles. The zero-order valence-electron chi connectivity index (χ0n) is 16.0. The molecule has 3 N–H and O–H groups in total. The van der Waals surface area contributed by atoms with Gasteiger partial charge in [-0.05, 0) is 40.5 Å². The number of ketones is 2. The normalized spacial score (nSPS) is 24.5. The number of aliphatic hydroxyl groups excluding tert-OH is 2. The Labute approximate surface area is 149 Å². The Morgan fingerprint density at radius 1 is 1.16 bits per heavy atom. The standard InChI is InChI=1S/C20H30O5/c1-11(2)7-9-14-18(23)16(17(22)13(5)6)19(24)20(14,25)15(21)10-8-12(3)4/h7-8,13-15,21,24-25H,9-10H2,1-6H3/t14-,15-,20+/m0/s1. The maximum absolute atomic E-state index is 12.8. The quantitative estimate of drug-likeness (QED) is 0.484. The van der Waals surface area contributed by atoms with Crippen molar-refractivity contribution in [3.63, 3.8) is 0 Å². The molecule has 0 aromatic carbocycles. The molecule has 5 nitrogen and oxygen atoms in total. The molecule has 0 bridgehead atoms. The molecule has 0 aromatic rings. The second-order valence-electron chi connectivity index (χ2n) is 7.53. The lowest BCUT2D eigenvalue weighted by Crippen LogP contribution is -2.49. The third-order valence-corrected chi connectivity index (χ3v) is 4.50. The molecule has 1 rings (SSSR count). The van der Waals surface area contributed by atoms with E-state index in [-0.39, 0.29) is 18.4 Å². The molecule has 0 radical (unpaired) electrons. The second-order valence-corrected chi connectivity index (χ2v) is 7.53. The molecule has 0 spiro atoms. The summed E-state index contributed by atoms with van der Waals surface area (Å²) in [7, 11) is 0. The fourth-order valence-corrected chi connectivity index (χ4v) is 2.94. The van der Waals surface area contributed by atoms with Crippen molar-refractivity contribution in [1.82, 2.24) is 0 Å². The summed E-state index contributed by atoms with van der Waals surface area (Å²) < 4.78 is 0. The number of hydrogen-bond donors (Lipinski definition) is 3. The van der Waals surface area contributed by atoms with E-state index in [1.54, 1.807) is 26.0 Å². The summed E-state index contributed by atoms with van der Waals surface area (Å²) in [5.41, 5.74) is -0.651. The molecule has 140 valence electrons. The summed E-state index contributed by atoms with van der Waals surface area (Å²) in [4.78, 5) is 25.1. The number of allylic oxidation sites excluding steroid dienone is 4. The third-order valence-electron chi connectivity index (χ3n) is 4.50. The highest BCUT2D eigenvalue weighted by Gasteiger charge is 2.58. The summed E-state index contributed by atoms with van der Waals surface area (Å²) in [6.45, 7) is 10.6. The van der Waals surface area contributed by atoms with E-state index in [1.807, 2.05) is 27.7 Å². The number of carbonyl (C=O) groups is 2. The number of rotatable bonds is 7. The molecule has 0 heterocycles. The second kappa shape index (κ2) is 8.11. The van der Waals surface area contributed by atoms with Crippen molar-refractivity contribution in [2.75, 3.05) is 0 Å². The van der Waals surface area contributed by atoms with Crippen molar-refractivity contribution in [2.24, 2.45) is 11.8 Å². The van der Waals surface area contributed by atoms with Gasteiger partial charge in [0.25, 0.3) is 0 Å². The van der Waals surface area contributed by atoms with E-state index < -0.39 is 40.9 Å². The summed E-state index contributed by atoms with van der Waals surface area (Å²) in [5.74, 6) is -3.40. The lowest BCUT2D eigenvalue weighted by molar-refractivity contribution is -0.134. The molecule has 25 heavy (non-hydrogen) atoms. The fraction of sp³-hybridized carbons (Fsp3) is 0.600. The van der Waals surface area contributed by atoms with Crippen LogP contribution in [0.1, 0.15) is 54.4 Å². The molecule has 1 aliphatic rings. The molecule has 0 saturated heterocycles. The minimum Gasteiger partial charge on any atom is -0.508 e. The SMILES string of the molecule is CC(C)=CC[C@H](O)[C@@]1(O)C(O)=C(C(=O)C(C)C)C(=O)[C@@H]1CC=C(C)C. The van der Waals surface area contributed by atoms with Crippen LogP contribution < -0.4 is 0 Å². The van der Waals surface area contributed by atoms with Gasteiger partial charge in [0.05, 0.1) is 12.0 Å². The van der Waals surface area contributed by atoms with Crippen LogP contribution in [0.25, 0.3) is 0 Å². The van der Waals surface area contributed by atoms with Gasteiger partial charge in [0, 0.05) is 5.92 Å². The van der Waals surface area contributed by atoms with Crippen molar-refractivity contribution < 1.29 is 24.9 Å². The molecule has 0 aromatic heterocycles. The first-order valence-corrected chi connectivity index (χ1v) is 8.63. The van der Waals surface area contributed by atoms with Crippen LogP contribution >= 0.6 is 0 Å². The summed E-state index contributed by atoms with van der Waals surface area (Å²) in [6, 6.07) is 0. The van der Waals surface area contributed by atoms with Gasteiger partial charge < -0.3 is 15.3 Å². The number of aliphatic hydroxyl groups is 3. The Hall–Kier alpha value is -1.72. The Kier molecular flexibility index (Phi) is 6.91. The van der Waals surface area contributed by atoms with Gasteiger partial charge >= 0.3 is 0 Å². The van der Waals surface area contributed by atoms with Crippen LogP contribution in [0.5, 0.6) is 0 Å². The molecular weight excluding hydrogens is 320 g/mol. The van der Waals surface area contributed by atoms with E-state index in [9.17, 15) is 24.9 Å². The first-order chi connectivity index (χ1) is 11.4. The Balaban J connectivity index is 3.42. The van der Waals surface area contributed by atoms with Crippen molar-refractivity contribution in [3.05, 3.63) is 34.6 Å². The Bertz CT molecular complexity index is 630. The van der Waals surface area contributed by atoms with Crippen molar-refractivity contribution in [3.8, 4) is 0 Å². The Morgan fingerprint density at radius 2 is 1.68 bits per heavy atom. The third kappa shape index (κ3) is 4.28. The fourth-order valence-electron chi connectivity index (χ4n) is 2.94. The van der Waals surface area contributed by atoms with Crippen LogP contribution in [0, 0.1) is 11.8 Å². The molecular formula is C20H30O5. The topological polar surface area (TPSA) is 94.8 Å². The highest BCUT2D eigenvalue weighted by Crippen LogP contribution is 2.43. The molecule has 1 aliphatic carbocycles. The number of hydrogen-bond acceptors (Lipinski definition) is 5. The van der Waals surface area contributed by atoms with Crippen LogP contribution in [0.4, 0.5) is 0 Å². The van der Waals surface area contributed by atoms with Crippen molar-refractivity contribution in [1.29, 1.82) is 0 Å². The number of carbonyl (C=O) groups excluding carboxylic acids is 2. The predicted molar refractivity (Wildman–Crippen MR) is 97.0 cm³/mol. The van der Waals surface area contributed by atoms with Gasteiger partial charge in [0.15, 0.2) is 17.2 Å². The lowest BCUT2D eigenvalue weighted by atomic mass is 9.80. The zero-order valence-corrected chi connectivity index (χ0v) is 16.0. The number of Topliss-reactive ketones (excluding diaryl/α,β-unsaturated/α-hetero) is 2. The van der Waals surface area contributed by atoms with Gasteiger partial charge in [0.1, 0.15) is 11.3 Å².